The first-order chi connectivity index (χ1) is 14.0. The van der Waals surface area contributed by atoms with Crippen molar-refractivity contribution in [3.63, 3.8) is 0 Å². The Labute approximate surface area is 177 Å². The Hall–Kier alpha value is -2.57. The summed E-state index contributed by atoms with van der Waals surface area (Å²) in [5, 5.41) is 3.07. The second-order valence-electron chi connectivity index (χ2n) is 7.31. The van der Waals surface area contributed by atoms with Crippen LogP contribution in [0.5, 0.6) is 0 Å². The van der Waals surface area contributed by atoms with Crippen LogP contribution in [0.3, 0.4) is 0 Å². The molecule has 2 amide bonds. The van der Waals surface area contributed by atoms with Crippen LogP contribution in [0.15, 0.2) is 71.2 Å². The number of aryl methyl sites for hydroxylation is 1. The van der Waals surface area contributed by atoms with Crippen LogP contribution in [0.4, 0.5) is 5.69 Å². The van der Waals surface area contributed by atoms with E-state index in [4.69, 9.17) is 0 Å². The molecule has 1 N–H and O–H groups in total. The number of hydrogen-bond donors (Lipinski definition) is 1. The number of nitrogens with zero attached hydrogens (tertiary/aromatic N) is 1. The van der Waals surface area contributed by atoms with Crippen LogP contribution in [0, 0.1) is 11.8 Å². The molecule has 4 atom stereocenters. The van der Waals surface area contributed by atoms with Gasteiger partial charge in [-0.3, -0.25) is 19.7 Å². The van der Waals surface area contributed by atoms with Crippen LogP contribution in [-0.2, 0) is 20.8 Å². The fraction of sp³-hybridized carbons (Fsp3) is 0.261. The summed E-state index contributed by atoms with van der Waals surface area (Å²) in [6.45, 7) is 2.15. The van der Waals surface area contributed by atoms with E-state index in [-0.39, 0.29) is 23.6 Å². The summed E-state index contributed by atoms with van der Waals surface area (Å²) in [6.07, 6.45) is 4.29. The molecular formula is C23H21BrN2O3. The summed E-state index contributed by atoms with van der Waals surface area (Å²) < 4.78 is 1.17. The van der Waals surface area contributed by atoms with Crippen LogP contribution in [0.25, 0.3) is 0 Å². The summed E-state index contributed by atoms with van der Waals surface area (Å²) in [7, 11) is 0. The zero-order valence-electron chi connectivity index (χ0n) is 15.9. The molecule has 0 radical (unpaired) electrons. The predicted molar refractivity (Wildman–Crippen MR) is 114 cm³/mol. The topological polar surface area (TPSA) is 66.5 Å². The highest BCUT2D eigenvalue weighted by Gasteiger charge is 2.60. The van der Waals surface area contributed by atoms with Gasteiger partial charge in [0.1, 0.15) is 0 Å². The van der Waals surface area contributed by atoms with E-state index >= 15 is 0 Å². The third kappa shape index (κ3) is 3.58. The number of anilines is 1. The number of fused-ring (bicyclic) bond motifs is 5. The van der Waals surface area contributed by atoms with Gasteiger partial charge in [-0.25, -0.2) is 4.90 Å². The smallest absolute Gasteiger partial charge is 0.239 e. The van der Waals surface area contributed by atoms with Crippen molar-refractivity contribution in [3.05, 3.63) is 76.8 Å². The van der Waals surface area contributed by atoms with Gasteiger partial charge >= 0.3 is 0 Å². The lowest BCUT2D eigenvalue weighted by Crippen LogP contribution is -2.46. The van der Waals surface area contributed by atoms with Gasteiger partial charge in [0, 0.05) is 10.5 Å². The normalized spacial score (nSPS) is 27.0. The largest absolute Gasteiger partial charge is 0.299 e. The number of amides is 2. The fourth-order valence-electron chi connectivity index (χ4n) is 4.18. The highest BCUT2D eigenvalue weighted by atomic mass is 79.9. The third-order valence-corrected chi connectivity index (χ3v) is 6.10. The minimum absolute atomic E-state index is 0.121. The van der Waals surface area contributed by atoms with E-state index in [2.05, 4.69) is 46.4 Å². The molecule has 2 fully saturated rings. The number of carbonyl (C=O) groups is 3. The van der Waals surface area contributed by atoms with Gasteiger partial charge < -0.3 is 0 Å². The molecule has 2 bridgehead atoms. The molecule has 5 nitrogen and oxygen atoms in total. The Kier molecular flexibility index (Phi) is 5.48. The molecule has 0 spiro atoms. The SMILES string of the molecule is CCc1cccc(Br)c1.O=C1C=C[C@@H]2N[C@H]1[C@H]1C(=O)N(c3ccccc3)C(=O)[C@H]12. The highest BCUT2D eigenvalue weighted by molar-refractivity contribution is 9.10. The van der Waals surface area contributed by atoms with E-state index in [0.717, 1.165) is 6.42 Å². The Morgan fingerprint density at radius 1 is 0.966 bits per heavy atom. The Balaban J connectivity index is 0.000000192. The average molecular weight is 453 g/mol. The van der Waals surface area contributed by atoms with Crippen molar-refractivity contribution in [1.82, 2.24) is 5.32 Å². The van der Waals surface area contributed by atoms with Crippen molar-refractivity contribution in [2.45, 2.75) is 25.4 Å². The minimum Gasteiger partial charge on any atom is -0.299 e. The zero-order chi connectivity index (χ0) is 20.5. The first-order valence-electron chi connectivity index (χ1n) is 9.66. The van der Waals surface area contributed by atoms with Gasteiger partial charge in [0.15, 0.2) is 5.78 Å². The third-order valence-electron chi connectivity index (χ3n) is 5.60. The first kappa shape index (κ1) is 19.7. The number of carbonyl (C=O) groups excluding carboxylic acids is 3. The van der Waals surface area contributed by atoms with Crippen LogP contribution in [0.2, 0.25) is 0 Å². The Morgan fingerprint density at radius 3 is 2.34 bits per heavy atom. The lowest BCUT2D eigenvalue weighted by atomic mass is 9.90. The Morgan fingerprint density at radius 2 is 1.69 bits per heavy atom. The van der Waals surface area contributed by atoms with E-state index in [9.17, 15) is 14.4 Å². The Bertz CT molecular complexity index is 989. The van der Waals surface area contributed by atoms with Gasteiger partial charge in [-0.05, 0) is 42.3 Å². The molecule has 148 valence electrons. The molecular weight excluding hydrogens is 432 g/mol. The van der Waals surface area contributed by atoms with Gasteiger partial charge in [0.05, 0.1) is 23.6 Å². The molecule has 6 heteroatoms. The van der Waals surface area contributed by atoms with Gasteiger partial charge in [0.25, 0.3) is 0 Å². The maximum absolute atomic E-state index is 12.6. The highest BCUT2D eigenvalue weighted by Crippen LogP contribution is 2.41. The number of halogens is 1. The second-order valence-corrected chi connectivity index (χ2v) is 8.23. The van der Waals surface area contributed by atoms with Crippen molar-refractivity contribution in [2.24, 2.45) is 11.8 Å². The van der Waals surface area contributed by atoms with E-state index < -0.39 is 17.9 Å². The van der Waals surface area contributed by atoms with Gasteiger partial charge in [0.2, 0.25) is 11.8 Å². The number of imide groups is 1. The van der Waals surface area contributed by atoms with Gasteiger partial charge in [-0.15, -0.1) is 0 Å². The van der Waals surface area contributed by atoms with Crippen molar-refractivity contribution in [3.8, 4) is 0 Å². The molecule has 2 aromatic carbocycles. The number of ketones is 1. The number of hydrogen-bond acceptors (Lipinski definition) is 4. The number of nitrogens with one attached hydrogen (secondary N) is 1. The van der Waals surface area contributed by atoms with Crippen LogP contribution < -0.4 is 10.2 Å². The zero-order valence-corrected chi connectivity index (χ0v) is 17.5. The molecule has 2 aromatic rings. The van der Waals surface area contributed by atoms with Gasteiger partial charge in [-0.1, -0.05) is 59.3 Å². The molecule has 5 rings (SSSR count). The molecule has 2 saturated heterocycles. The van der Waals surface area contributed by atoms with E-state index in [0.29, 0.717) is 5.69 Å². The molecule has 29 heavy (non-hydrogen) atoms. The van der Waals surface area contributed by atoms with Crippen LogP contribution in [-0.4, -0.2) is 29.7 Å². The summed E-state index contributed by atoms with van der Waals surface area (Å²) in [5.74, 6) is -1.65. The molecule has 3 aliphatic rings. The fourth-order valence-corrected chi connectivity index (χ4v) is 4.63. The number of rotatable bonds is 2. The molecule has 0 aromatic heterocycles. The molecule has 0 aliphatic carbocycles. The standard InChI is InChI=1S/C15H12N2O3.C8H9Br/c18-10-7-6-9-11-12(13(10)16-9)15(20)17(14(11)19)8-4-2-1-3-5-8;1-2-7-4-3-5-8(9)6-7/h1-7,9,11-13,16H;3-6H,2H2,1H3/t9-,11-,12-,13+;/m0./s1. The van der Waals surface area contributed by atoms with Crippen LogP contribution in [0.1, 0.15) is 12.5 Å². The minimum atomic E-state index is -0.574. The molecule has 0 unspecified atom stereocenters. The lowest BCUT2D eigenvalue weighted by Gasteiger charge is -2.22. The molecule has 3 heterocycles. The summed E-state index contributed by atoms with van der Waals surface area (Å²) in [6, 6.07) is 16.5. The van der Waals surface area contributed by atoms with Crippen molar-refractivity contribution in [1.29, 1.82) is 0 Å². The van der Waals surface area contributed by atoms with Crippen molar-refractivity contribution < 1.29 is 14.4 Å². The van der Waals surface area contributed by atoms with E-state index in [1.54, 1.807) is 30.3 Å². The molecule has 0 saturated carbocycles. The van der Waals surface area contributed by atoms with E-state index in [1.807, 2.05) is 12.1 Å². The summed E-state index contributed by atoms with van der Waals surface area (Å²) in [5.41, 5.74) is 1.95. The maximum Gasteiger partial charge on any atom is 0.239 e. The maximum atomic E-state index is 12.6. The van der Waals surface area contributed by atoms with E-state index in [1.165, 1.54) is 21.0 Å². The monoisotopic (exact) mass is 452 g/mol. The predicted octanol–water partition coefficient (Wildman–Crippen LogP) is 3.28. The first-order valence-corrected chi connectivity index (χ1v) is 10.5. The summed E-state index contributed by atoms with van der Waals surface area (Å²) in [4.78, 5) is 38.2. The van der Waals surface area contributed by atoms with Gasteiger partial charge in [-0.2, -0.15) is 0 Å². The lowest BCUT2D eigenvalue weighted by molar-refractivity contribution is -0.126. The number of benzene rings is 2. The summed E-state index contributed by atoms with van der Waals surface area (Å²) >= 11 is 3.40. The second kappa shape index (κ2) is 8.05. The average Bonchev–Trinajstić information content (AvgIpc) is 3.19. The van der Waals surface area contributed by atoms with Crippen molar-refractivity contribution in [2.75, 3.05) is 4.90 Å². The number of para-hydroxylation sites is 1. The quantitative estimate of drug-likeness (QED) is 0.709. The molecule has 3 aliphatic heterocycles. The van der Waals surface area contributed by atoms with Crippen molar-refractivity contribution >= 4 is 39.2 Å². The van der Waals surface area contributed by atoms with Crippen LogP contribution >= 0.6 is 15.9 Å².